The number of aromatic nitrogens is 2. The number of anilines is 1. The third-order valence-corrected chi connectivity index (χ3v) is 2.34. The Morgan fingerprint density at radius 1 is 1.24 bits per heavy atom. The highest BCUT2D eigenvalue weighted by Crippen LogP contribution is 2.05. The molecule has 1 aromatic carbocycles. The van der Waals surface area contributed by atoms with Crippen LogP contribution in [0.4, 0.5) is 5.95 Å². The molecule has 17 heavy (non-hydrogen) atoms. The summed E-state index contributed by atoms with van der Waals surface area (Å²) in [4.78, 5) is 20.0. The van der Waals surface area contributed by atoms with Crippen LogP contribution in [0.5, 0.6) is 0 Å². The lowest BCUT2D eigenvalue weighted by Gasteiger charge is -2.04. The second-order valence-electron chi connectivity index (χ2n) is 3.55. The second kappa shape index (κ2) is 5.21. The number of rotatable bonds is 3. The van der Waals surface area contributed by atoms with Crippen molar-refractivity contribution >= 4 is 11.9 Å². The van der Waals surface area contributed by atoms with Crippen molar-refractivity contribution in [3.05, 3.63) is 53.9 Å². The largest absolute Gasteiger partial charge is 0.290 e. The van der Waals surface area contributed by atoms with E-state index >= 15 is 0 Å². The van der Waals surface area contributed by atoms with Gasteiger partial charge in [0.2, 0.25) is 5.95 Å². The first-order valence-corrected chi connectivity index (χ1v) is 5.48. The average Bonchev–Trinajstić information content (AvgIpc) is 2.40. The van der Waals surface area contributed by atoms with Crippen LogP contribution in [0, 0.1) is 0 Å². The summed E-state index contributed by atoms with van der Waals surface area (Å²) in [7, 11) is 0. The molecule has 0 aliphatic heterocycles. The molecule has 1 heterocycles. The lowest BCUT2D eigenvalue weighted by Crippen LogP contribution is -2.14. The molecule has 0 saturated heterocycles. The normalized spacial score (nSPS) is 9.94. The summed E-state index contributed by atoms with van der Waals surface area (Å²) in [6, 6.07) is 10.8. The Morgan fingerprint density at radius 2 is 2.00 bits per heavy atom. The van der Waals surface area contributed by atoms with Gasteiger partial charge in [-0.1, -0.05) is 25.1 Å². The van der Waals surface area contributed by atoms with Crippen LogP contribution in [0.2, 0.25) is 0 Å². The maximum atomic E-state index is 11.8. The predicted octanol–water partition coefficient (Wildman–Crippen LogP) is 2.29. The molecule has 0 atom stereocenters. The monoisotopic (exact) mass is 227 g/mol. The minimum atomic E-state index is -0.196. The standard InChI is InChI=1S/C13H13N3O/c1-2-11-8-9-14-13(15-11)16-12(17)10-6-4-3-5-7-10/h3-9H,2H2,1H3,(H,14,15,16,17). The van der Waals surface area contributed by atoms with Crippen molar-refractivity contribution in [2.45, 2.75) is 13.3 Å². The molecule has 2 rings (SSSR count). The highest BCUT2D eigenvalue weighted by Gasteiger charge is 2.06. The van der Waals surface area contributed by atoms with Gasteiger partial charge < -0.3 is 0 Å². The van der Waals surface area contributed by atoms with Crippen molar-refractivity contribution in [1.29, 1.82) is 0 Å². The van der Waals surface area contributed by atoms with E-state index in [0.29, 0.717) is 11.5 Å². The van der Waals surface area contributed by atoms with Gasteiger partial charge in [0.25, 0.3) is 5.91 Å². The lowest BCUT2D eigenvalue weighted by atomic mass is 10.2. The second-order valence-corrected chi connectivity index (χ2v) is 3.55. The maximum absolute atomic E-state index is 11.8. The number of carbonyl (C=O) groups excluding carboxylic acids is 1. The van der Waals surface area contributed by atoms with E-state index in [4.69, 9.17) is 0 Å². The number of benzene rings is 1. The number of aryl methyl sites for hydroxylation is 1. The van der Waals surface area contributed by atoms with E-state index in [1.165, 1.54) is 0 Å². The van der Waals surface area contributed by atoms with Crippen LogP contribution in [0.15, 0.2) is 42.6 Å². The fourth-order valence-electron chi connectivity index (χ4n) is 1.42. The van der Waals surface area contributed by atoms with E-state index in [9.17, 15) is 4.79 Å². The molecule has 0 spiro atoms. The van der Waals surface area contributed by atoms with Crippen LogP contribution in [-0.2, 0) is 6.42 Å². The Balaban J connectivity index is 2.13. The maximum Gasteiger partial charge on any atom is 0.258 e. The summed E-state index contributed by atoms with van der Waals surface area (Å²) < 4.78 is 0. The molecule has 1 aromatic heterocycles. The predicted molar refractivity (Wildman–Crippen MR) is 65.8 cm³/mol. The fourth-order valence-corrected chi connectivity index (χ4v) is 1.42. The van der Waals surface area contributed by atoms with Crippen molar-refractivity contribution < 1.29 is 4.79 Å². The van der Waals surface area contributed by atoms with Gasteiger partial charge in [-0.05, 0) is 24.6 Å². The van der Waals surface area contributed by atoms with Gasteiger partial charge in [-0.25, -0.2) is 9.97 Å². The zero-order valence-electron chi connectivity index (χ0n) is 9.55. The lowest BCUT2D eigenvalue weighted by molar-refractivity contribution is 0.102. The molecule has 0 fully saturated rings. The summed E-state index contributed by atoms with van der Waals surface area (Å²) in [5.41, 5.74) is 1.50. The van der Waals surface area contributed by atoms with Gasteiger partial charge in [0.1, 0.15) is 0 Å². The molecule has 4 heteroatoms. The Morgan fingerprint density at radius 3 is 2.71 bits per heavy atom. The molecule has 0 unspecified atom stereocenters. The van der Waals surface area contributed by atoms with Crippen LogP contribution < -0.4 is 5.32 Å². The van der Waals surface area contributed by atoms with Crippen molar-refractivity contribution in [2.24, 2.45) is 0 Å². The van der Waals surface area contributed by atoms with Gasteiger partial charge >= 0.3 is 0 Å². The van der Waals surface area contributed by atoms with Gasteiger partial charge in [-0.15, -0.1) is 0 Å². The first-order valence-electron chi connectivity index (χ1n) is 5.48. The first-order chi connectivity index (χ1) is 8.29. The molecule has 4 nitrogen and oxygen atoms in total. The van der Waals surface area contributed by atoms with E-state index in [1.54, 1.807) is 18.3 Å². The van der Waals surface area contributed by atoms with E-state index in [1.807, 2.05) is 31.2 Å². The summed E-state index contributed by atoms with van der Waals surface area (Å²) in [5, 5.41) is 2.67. The molecule has 1 N–H and O–H groups in total. The highest BCUT2D eigenvalue weighted by atomic mass is 16.1. The molecule has 1 amide bonds. The number of hydrogen-bond acceptors (Lipinski definition) is 3. The van der Waals surface area contributed by atoms with Crippen molar-refractivity contribution in [2.75, 3.05) is 5.32 Å². The Kier molecular flexibility index (Phi) is 3.45. The highest BCUT2D eigenvalue weighted by molar-refractivity contribution is 6.03. The number of nitrogens with zero attached hydrogens (tertiary/aromatic N) is 2. The number of carbonyl (C=O) groups is 1. The van der Waals surface area contributed by atoms with E-state index in [2.05, 4.69) is 15.3 Å². The third-order valence-electron chi connectivity index (χ3n) is 2.34. The van der Waals surface area contributed by atoms with Crippen LogP contribution >= 0.6 is 0 Å². The summed E-state index contributed by atoms with van der Waals surface area (Å²) >= 11 is 0. The van der Waals surface area contributed by atoms with E-state index < -0.39 is 0 Å². The fraction of sp³-hybridized carbons (Fsp3) is 0.154. The smallest absolute Gasteiger partial charge is 0.258 e. The quantitative estimate of drug-likeness (QED) is 0.875. The molecule has 2 aromatic rings. The van der Waals surface area contributed by atoms with E-state index in [0.717, 1.165) is 12.1 Å². The first kappa shape index (κ1) is 11.3. The third kappa shape index (κ3) is 2.87. The molecule has 0 aliphatic rings. The molecule has 0 aliphatic carbocycles. The van der Waals surface area contributed by atoms with Gasteiger partial charge in [0.05, 0.1) is 0 Å². The van der Waals surface area contributed by atoms with Gasteiger partial charge in [-0.2, -0.15) is 0 Å². The molecular formula is C13H13N3O. The average molecular weight is 227 g/mol. The number of nitrogens with one attached hydrogen (secondary N) is 1. The van der Waals surface area contributed by atoms with Crippen molar-refractivity contribution in [3.63, 3.8) is 0 Å². The summed E-state index contributed by atoms with van der Waals surface area (Å²) in [6.07, 6.45) is 2.46. The summed E-state index contributed by atoms with van der Waals surface area (Å²) in [5.74, 6) is 0.150. The van der Waals surface area contributed by atoms with E-state index in [-0.39, 0.29) is 5.91 Å². The molecule has 0 radical (unpaired) electrons. The van der Waals surface area contributed by atoms with Crippen LogP contribution in [0.3, 0.4) is 0 Å². The van der Waals surface area contributed by atoms with Crippen LogP contribution in [-0.4, -0.2) is 15.9 Å². The number of hydrogen-bond donors (Lipinski definition) is 1. The van der Waals surface area contributed by atoms with Crippen molar-refractivity contribution in [3.8, 4) is 0 Å². The Bertz CT molecular complexity index is 511. The Labute approximate surface area is 99.7 Å². The minimum absolute atomic E-state index is 0.196. The van der Waals surface area contributed by atoms with Crippen LogP contribution in [0.25, 0.3) is 0 Å². The minimum Gasteiger partial charge on any atom is -0.290 e. The SMILES string of the molecule is CCc1ccnc(NC(=O)c2ccccc2)n1. The molecule has 86 valence electrons. The zero-order valence-corrected chi connectivity index (χ0v) is 9.55. The van der Waals surface area contributed by atoms with Gasteiger partial charge in [-0.3, -0.25) is 10.1 Å². The van der Waals surface area contributed by atoms with Gasteiger partial charge in [0, 0.05) is 17.5 Å². The summed E-state index contributed by atoms with van der Waals surface area (Å²) in [6.45, 7) is 2.01. The van der Waals surface area contributed by atoms with Crippen LogP contribution in [0.1, 0.15) is 23.0 Å². The molecule has 0 bridgehead atoms. The zero-order chi connectivity index (χ0) is 12.1. The molecular weight excluding hydrogens is 214 g/mol. The molecule has 0 saturated carbocycles. The van der Waals surface area contributed by atoms with Gasteiger partial charge in [0.15, 0.2) is 0 Å². The topological polar surface area (TPSA) is 54.9 Å². The number of amides is 1. The Hall–Kier alpha value is -2.23. The van der Waals surface area contributed by atoms with Crippen molar-refractivity contribution in [1.82, 2.24) is 9.97 Å².